The molecule has 0 aliphatic carbocycles. The van der Waals surface area contributed by atoms with E-state index in [1.807, 2.05) is 6.92 Å². The standard InChI is InChI=1S/C10H14N2O3/c1-5-9-6(2)11(7(3)13)10(15)12(9)8(4)14/h5H2,1-4H3. The highest BCUT2D eigenvalue weighted by Gasteiger charge is 2.19. The Morgan fingerprint density at radius 1 is 1.13 bits per heavy atom. The number of imidazole rings is 1. The van der Waals surface area contributed by atoms with E-state index in [2.05, 4.69) is 0 Å². The van der Waals surface area contributed by atoms with Crippen LogP contribution in [0, 0.1) is 6.92 Å². The Kier molecular flexibility index (Phi) is 2.93. The molecule has 0 saturated heterocycles. The second-order valence-electron chi connectivity index (χ2n) is 3.38. The van der Waals surface area contributed by atoms with Crippen molar-refractivity contribution in [1.82, 2.24) is 9.13 Å². The van der Waals surface area contributed by atoms with Gasteiger partial charge in [0.05, 0.1) is 5.69 Å². The highest BCUT2D eigenvalue weighted by molar-refractivity contribution is 5.81. The fraction of sp³-hybridized carbons (Fsp3) is 0.500. The van der Waals surface area contributed by atoms with E-state index in [1.165, 1.54) is 13.8 Å². The summed E-state index contributed by atoms with van der Waals surface area (Å²) in [6, 6.07) is 0. The summed E-state index contributed by atoms with van der Waals surface area (Å²) in [5.41, 5.74) is 0.581. The normalized spacial score (nSPS) is 10.4. The monoisotopic (exact) mass is 210 g/mol. The molecular formula is C10H14N2O3. The molecule has 0 radical (unpaired) electrons. The Morgan fingerprint density at radius 3 is 1.87 bits per heavy atom. The van der Waals surface area contributed by atoms with Crippen LogP contribution in [0.1, 0.15) is 41.7 Å². The Morgan fingerprint density at radius 2 is 1.60 bits per heavy atom. The van der Waals surface area contributed by atoms with Crippen LogP contribution in [0.15, 0.2) is 4.79 Å². The molecule has 0 bridgehead atoms. The van der Waals surface area contributed by atoms with Gasteiger partial charge in [0.2, 0.25) is 11.8 Å². The van der Waals surface area contributed by atoms with Crippen molar-refractivity contribution in [3.8, 4) is 0 Å². The summed E-state index contributed by atoms with van der Waals surface area (Å²) in [5, 5.41) is 0. The third kappa shape index (κ3) is 1.65. The maximum Gasteiger partial charge on any atom is 0.342 e. The summed E-state index contributed by atoms with van der Waals surface area (Å²) in [6.45, 7) is 6.12. The van der Waals surface area contributed by atoms with Crippen molar-refractivity contribution in [2.45, 2.75) is 34.1 Å². The minimum atomic E-state index is -0.565. The maximum absolute atomic E-state index is 11.7. The minimum absolute atomic E-state index is 0.361. The van der Waals surface area contributed by atoms with Gasteiger partial charge in [-0.25, -0.2) is 13.9 Å². The van der Waals surface area contributed by atoms with Crippen LogP contribution < -0.4 is 5.69 Å². The lowest BCUT2D eigenvalue weighted by Gasteiger charge is -2.00. The van der Waals surface area contributed by atoms with E-state index in [4.69, 9.17) is 0 Å². The molecule has 5 heteroatoms. The van der Waals surface area contributed by atoms with Gasteiger partial charge in [0.25, 0.3) is 0 Å². The van der Waals surface area contributed by atoms with Crippen LogP contribution >= 0.6 is 0 Å². The number of rotatable bonds is 1. The van der Waals surface area contributed by atoms with Gasteiger partial charge < -0.3 is 0 Å². The predicted octanol–water partition coefficient (Wildman–Crippen LogP) is 0.841. The van der Waals surface area contributed by atoms with Gasteiger partial charge in [-0.15, -0.1) is 0 Å². The first-order valence-corrected chi connectivity index (χ1v) is 4.76. The SMILES string of the molecule is CCc1c(C)n(C(C)=O)c(=O)n1C(C)=O. The van der Waals surface area contributed by atoms with Gasteiger partial charge in [0, 0.05) is 19.5 Å². The van der Waals surface area contributed by atoms with Crippen molar-refractivity contribution in [3.63, 3.8) is 0 Å². The average Bonchev–Trinajstić information content (AvgIpc) is 2.36. The third-order valence-electron chi connectivity index (χ3n) is 2.37. The summed E-state index contributed by atoms with van der Waals surface area (Å²) in [6.07, 6.45) is 0.543. The Hall–Kier alpha value is -1.65. The van der Waals surface area contributed by atoms with Crippen LogP contribution in [0.25, 0.3) is 0 Å². The Balaban J connectivity index is 3.68. The van der Waals surface area contributed by atoms with Crippen LogP contribution in [0.5, 0.6) is 0 Å². The van der Waals surface area contributed by atoms with Gasteiger partial charge in [0.1, 0.15) is 0 Å². The summed E-state index contributed by atoms with van der Waals surface area (Å²) in [4.78, 5) is 34.2. The molecule has 0 aromatic carbocycles. The lowest BCUT2D eigenvalue weighted by molar-refractivity contribution is 0.0919. The first-order valence-electron chi connectivity index (χ1n) is 4.76. The topological polar surface area (TPSA) is 61.1 Å². The lowest BCUT2D eigenvalue weighted by atomic mass is 10.2. The quantitative estimate of drug-likeness (QED) is 0.690. The van der Waals surface area contributed by atoms with E-state index in [0.29, 0.717) is 17.8 Å². The van der Waals surface area contributed by atoms with Crippen molar-refractivity contribution in [1.29, 1.82) is 0 Å². The molecule has 5 nitrogen and oxygen atoms in total. The number of carbonyl (C=O) groups excluding carboxylic acids is 2. The Labute approximate surface area is 87.3 Å². The molecule has 1 aromatic rings. The fourth-order valence-electron chi connectivity index (χ4n) is 1.76. The molecule has 0 spiro atoms. The molecular weight excluding hydrogens is 196 g/mol. The summed E-state index contributed by atoms with van der Waals surface area (Å²) < 4.78 is 2.08. The molecule has 1 aromatic heterocycles. The summed E-state index contributed by atoms with van der Waals surface area (Å²) in [7, 11) is 0. The Bertz CT molecular complexity index is 480. The predicted molar refractivity (Wildman–Crippen MR) is 55.4 cm³/mol. The summed E-state index contributed by atoms with van der Waals surface area (Å²) in [5.74, 6) is -0.729. The van der Waals surface area contributed by atoms with Gasteiger partial charge in [-0.2, -0.15) is 0 Å². The molecule has 1 heterocycles. The smallest absolute Gasteiger partial charge is 0.274 e. The van der Waals surface area contributed by atoms with Crippen molar-refractivity contribution in [2.24, 2.45) is 0 Å². The molecule has 1 rings (SSSR count). The molecule has 0 aliphatic heterocycles. The highest BCUT2D eigenvalue weighted by atomic mass is 16.2. The van der Waals surface area contributed by atoms with Crippen molar-refractivity contribution >= 4 is 11.8 Å². The van der Waals surface area contributed by atoms with Crippen LogP contribution in [-0.2, 0) is 6.42 Å². The van der Waals surface area contributed by atoms with Crippen LogP contribution in [0.4, 0.5) is 0 Å². The second kappa shape index (κ2) is 3.84. The summed E-state index contributed by atoms with van der Waals surface area (Å²) >= 11 is 0. The van der Waals surface area contributed by atoms with Gasteiger partial charge in [-0.3, -0.25) is 9.59 Å². The van der Waals surface area contributed by atoms with Gasteiger partial charge in [0.15, 0.2) is 0 Å². The molecule has 15 heavy (non-hydrogen) atoms. The maximum atomic E-state index is 11.7. The van der Waals surface area contributed by atoms with Crippen LogP contribution in [-0.4, -0.2) is 20.9 Å². The van der Waals surface area contributed by atoms with E-state index in [1.54, 1.807) is 6.92 Å². The molecule has 0 atom stereocenters. The number of aromatic nitrogens is 2. The zero-order valence-electron chi connectivity index (χ0n) is 9.33. The molecule has 0 unspecified atom stereocenters. The minimum Gasteiger partial charge on any atom is -0.274 e. The van der Waals surface area contributed by atoms with Crippen molar-refractivity contribution in [3.05, 3.63) is 21.9 Å². The van der Waals surface area contributed by atoms with E-state index >= 15 is 0 Å². The van der Waals surface area contributed by atoms with Crippen molar-refractivity contribution < 1.29 is 9.59 Å². The van der Waals surface area contributed by atoms with Gasteiger partial charge >= 0.3 is 5.69 Å². The third-order valence-corrected chi connectivity index (χ3v) is 2.37. The fourth-order valence-corrected chi connectivity index (χ4v) is 1.76. The molecule has 0 N–H and O–H groups in total. The molecule has 0 saturated carbocycles. The van der Waals surface area contributed by atoms with Crippen LogP contribution in [0.3, 0.4) is 0 Å². The molecule has 0 aliphatic rings. The van der Waals surface area contributed by atoms with Crippen molar-refractivity contribution in [2.75, 3.05) is 0 Å². The lowest BCUT2D eigenvalue weighted by Crippen LogP contribution is -2.31. The first-order chi connectivity index (χ1) is 6.91. The molecule has 82 valence electrons. The van der Waals surface area contributed by atoms with E-state index in [-0.39, 0.29) is 11.8 Å². The molecule has 0 amide bonds. The second-order valence-corrected chi connectivity index (χ2v) is 3.38. The van der Waals surface area contributed by atoms with Gasteiger partial charge in [-0.1, -0.05) is 6.92 Å². The number of carbonyl (C=O) groups is 2. The zero-order valence-corrected chi connectivity index (χ0v) is 9.33. The number of hydrogen-bond donors (Lipinski definition) is 0. The van der Waals surface area contributed by atoms with Crippen LogP contribution in [0.2, 0.25) is 0 Å². The highest BCUT2D eigenvalue weighted by Crippen LogP contribution is 2.07. The van der Waals surface area contributed by atoms with E-state index in [9.17, 15) is 14.4 Å². The number of hydrogen-bond acceptors (Lipinski definition) is 3. The van der Waals surface area contributed by atoms with E-state index < -0.39 is 5.69 Å². The number of nitrogens with zero attached hydrogens (tertiary/aromatic N) is 2. The van der Waals surface area contributed by atoms with Gasteiger partial charge in [-0.05, 0) is 13.3 Å². The zero-order chi connectivity index (χ0) is 11.7. The molecule has 0 fully saturated rings. The van der Waals surface area contributed by atoms with E-state index in [0.717, 1.165) is 9.13 Å². The largest absolute Gasteiger partial charge is 0.342 e. The first kappa shape index (κ1) is 11.4. The average molecular weight is 210 g/mol.